The van der Waals surface area contributed by atoms with E-state index in [9.17, 15) is 73.8 Å². The van der Waals surface area contributed by atoms with Gasteiger partial charge in [-0.15, -0.1) is 11.6 Å². The number of carbonyl (C=O) groups is 1. The topological polar surface area (TPSA) is 562 Å². The van der Waals surface area contributed by atoms with Gasteiger partial charge in [0.1, 0.15) is 83.2 Å². The minimum Gasteiger partial charge on any atom is -0.497 e. The third-order valence-corrected chi connectivity index (χ3v) is 25.8. The normalized spacial score (nSPS) is 25.0. The van der Waals surface area contributed by atoms with Gasteiger partial charge in [0.05, 0.1) is 109 Å². The summed E-state index contributed by atoms with van der Waals surface area (Å²) in [6, 6.07) is 36.2. The first kappa shape index (κ1) is 121. The molecule has 15 rings (SSSR count). The van der Waals surface area contributed by atoms with Gasteiger partial charge < -0.3 is 122 Å². The lowest BCUT2D eigenvalue weighted by atomic mass is 9.84. The van der Waals surface area contributed by atoms with Gasteiger partial charge in [-0.3, -0.25) is 61.8 Å². The minimum absolute atomic E-state index is 0. The molecule has 1 amide bonds. The highest BCUT2D eigenvalue weighted by Crippen LogP contribution is 2.45. The Balaban J connectivity index is 0.000000372. The lowest BCUT2D eigenvalue weighted by Gasteiger charge is -2.29. The molecular formula is C102H152ClN11O33. The predicted molar refractivity (Wildman–Crippen MR) is 548 cm³/mol. The number of carbonyl (C=O) groups excluding carboxylic acids is 1. The zero-order valence-corrected chi connectivity index (χ0v) is 86.4. The number of amides is 1. The van der Waals surface area contributed by atoms with Crippen LogP contribution in [0.3, 0.4) is 0 Å². The van der Waals surface area contributed by atoms with E-state index in [0.29, 0.717) is 47.1 Å². The number of aromatic amines is 3. The first-order valence-corrected chi connectivity index (χ1v) is 48.3. The van der Waals surface area contributed by atoms with Crippen LogP contribution < -0.4 is 64.5 Å². The molecule has 5 aromatic heterocycles. The Kier molecular flexibility index (Phi) is 47.6. The SMILES string of the molecule is C.CC[C@H]1O[C@@H](n2cc(C)c(=O)[nH]c2=O)[C@@H](OCC(C)OC)C1O.CC[C@H]1O[C@@H](n2cc(C)c(=O)[nH]c2=O)[C@@H](OCC(C)OC)C1O.CC[C@H]1O[C@@H](n2ccc(NC(=O)c3ccccc3)nc2=O)[C@@H](OCC(C)OC)C1O.CC[C@H]1O[C@@H]2[C@H](Oc3nc(=O)c(C)cn32)C1O.COC(C)CO.COC(C)CO[C@H]1C(O)[C@@H](CO)O[C@H]1n1cc(C)c(=O)[nH]c1=O.COc1ccc(C(Cl)(c2ccccc2)c2ccc(OC)cc2)cc1.[HH].[HH].[HH].[HH]. The monoisotopic (exact) mass is 2090 g/mol. The molecule has 0 aliphatic carbocycles. The average molecular weight is 2100 g/mol. The number of nitrogens with one attached hydrogen (secondary N) is 4. The number of benzene rings is 4. The van der Waals surface area contributed by atoms with E-state index >= 15 is 0 Å². The molecule has 10 unspecified atom stereocenters. The molecule has 0 radical (unpaired) electrons. The number of aliphatic hydroxyl groups is 7. The maximum absolute atomic E-state index is 12.6. The van der Waals surface area contributed by atoms with E-state index in [1.807, 2.05) is 133 Å². The van der Waals surface area contributed by atoms with Crippen LogP contribution in [-0.2, 0) is 71.2 Å². The summed E-state index contributed by atoms with van der Waals surface area (Å²) in [6.07, 6.45) is -5.17. The van der Waals surface area contributed by atoms with Gasteiger partial charge in [-0.1, -0.05) is 108 Å². The second-order valence-electron chi connectivity index (χ2n) is 35.4. The van der Waals surface area contributed by atoms with Crippen LogP contribution in [-0.4, -0.2) is 301 Å². The molecule has 0 saturated carbocycles. The van der Waals surface area contributed by atoms with Crippen molar-refractivity contribution < 1.29 is 127 Å². The van der Waals surface area contributed by atoms with Crippen molar-refractivity contribution in [2.75, 3.05) is 94.7 Å². The van der Waals surface area contributed by atoms with Crippen LogP contribution >= 0.6 is 11.6 Å². The summed E-state index contributed by atoms with van der Waals surface area (Å²) in [5.74, 6) is 1.37. The zero-order chi connectivity index (χ0) is 107. The Labute approximate surface area is 861 Å². The quantitative estimate of drug-likeness (QED) is 0.0146. The van der Waals surface area contributed by atoms with Gasteiger partial charge in [0.2, 0.25) is 0 Å². The molecule has 25 atom stereocenters. The maximum Gasteiger partial charge on any atom is 0.351 e. The minimum atomic E-state index is -1.12. The van der Waals surface area contributed by atoms with Crippen molar-refractivity contribution in [3.8, 4) is 17.5 Å². The number of aryl methyl sites for hydroxylation is 4. The summed E-state index contributed by atoms with van der Waals surface area (Å²) in [5, 5.41) is 71.7. The molecule has 0 spiro atoms. The Morgan fingerprint density at radius 1 is 0.429 bits per heavy atom. The van der Waals surface area contributed by atoms with Crippen molar-refractivity contribution in [2.45, 2.75) is 281 Å². The number of hydrogen-bond donors (Lipinski definition) is 11. The summed E-state index contributed by atoms with van der Waals surface area (Å²) >= 11 is 7.22. The number of rotatable bonds is 34. The summed E-state index contributed by atoms with van der Waals surface area (Å²) in [5.41, 5.74) is 0.894. The largest absolute Gasteiger partial charge is 0.497 e. The van der Waals surface area contributed by atoms with Crippen molar-refractivity contribution in [3.63, 3.8) is 0 Å². The summed E-state index contributed by atoms with van der Waals surface area (Å²) in [4.78, 5) is 121. The van der Waals surface area contributed by atoms with Gasteiger partial charge >= 0.3 is 28.8 Å². The number of methoxy groups -OCH3 is 7. The third-order valence-electron chi connectivity index (χ3n) is 25.1. The van der Waals surface area contributed by atoms with Crippen LogP contribution in [0.1, 0.15) is 182 Å². The van der Waals surface area contributed by atoms with Crippen LogP contribution in [0.15, 0.2) is 185 Å². The molecule has 820 valence electrons. The number of anilines is 1. The lowest BCUT2D eigenvalue weighted by molar-refractivity contribution is -0.0943. The molecule has 0 bridgehead atoms. The van der Waals surface area contributed by atoms with Gasteiger partial charge in [0, 0.05) is 100 Å². The molecule has 147 heavy (non-hydrogen) atoms. The average Bonchev–Trinajstić information content (AvgIpc) is 1.76. The molecular weight excluding hydrogens is 1940 g/mol. The summed E-state index contributed by atoms with van der Waals surface area (Å²) in [7, 11) is 11.1. The van der Waals surface area contributed by atoms with E-state index in [2.05, 4.69) is 35.0 Å². The predicted octanol–water partition coefficient (Wildman–Crippen LogP) is 6.82. The maximum atomic E-state index is 12.6. The smallest absolute Gasteiger partial charge is 0.351 e. The number of nitrogens with zero attached hydrogens (tertiary/aromatic N) is 7. The van der Waals surface area contributed by atoms with E-state index in [4.69, 9.17) is 92.5 Å². The Morgan fingerprint density at radius 3 is 1.09 bits per heavy atom. The number of fused-ring (bicyclic) bond motifs is 3. The van der Waals surface area contributed by atoms with E-state index in [1.165, 1.54) is 51.7 Å². The number of H-pyrrole nitrogens is 3. The fourth-order valence-corrected chi connectivity index (χ4v) is 16.3. The van der Waals surface area contributed by atoms with Gasteiger partial charge in [-0.05, 0) is 147 Å². The highest BCUT2D eigenvalue weighted by atomic mass is 35.5. The number of alkyl halides is 1. The molecule has 45 heteroatoms. The van der Waals surface area contributed by atoms with E-state index in [0.717, 1.165) is 39.2 Å². The van der Waals surface area contributed by atoms with E-state index in [-0.39, 0.29) is 112 Å². The highest BCUT2D eigenvalue weighted by molar-refractivity contribution is 6.28. The molecule has 44 nitrogen and oxygen atoms in total. The molecule has 4 aromatic carbocycles. The number of aliphatic hydroxyl groups excluding tert-OH is 7. The van der Waals surface area contributed by atoms with Crippen LogP contribution in [0.25, 0.3) is 0 Å². The molecule has 11 heterocycles. The first-order chi connectivity index (χ1) is 69.7. The fourth-order valence-electron chi connectivity index (χ4n) is 15.9. The van der Waals surface area contributed by atoms with Crippen molar-refractivity contribution >= 4 is 23.3 Å². The van der Waals surface area contributed by atoms with Crippen LogP contribution in [0, 0.1) is 27.7 Å². The number of hydrogen-bond acceptors (Lipinski definition) is 35. The van der Waals surface area contributed by atoms with Crippen molar-refractivity contribution in [3.05, 3.63) is 274 Å². The molecule has 11 N–H and O–H groups in total. The first-order valence-electron chi connectivity index (χ1n) is 47.9. The van der Waals surface area contributed by atoms with Crippen LogP contribution in [0.2, 0.25) is 0 Å². The lowest BCUT2D eigenvalue weighted by Crippen LogP contribution is -2.41. The van der Waals surface area contributed by atoms with Crippen molar-refractivity contribution in [2.24, 2.45) is 0 Å². The van der Waals surface area contributed by atoms with E-state index < -0.39 is 161 Å². The number of halogens is 1. The van der Waals surface area contributed by atoms with Gasteiger partial charge in [0.25, 0.3) is 28.1 Å². The van der Waals surface area contributed by atoms with E-state index in [1.54, 1.807) is 119 Å². The Hall–Kier alpha value is -11.0. The van der Waals surface area contributed by atoms with Crippen LogP contribution in [0.4, 0.5) is 5.82 Å². The molecule has 9 aromatic rings. The molecule has 6 aliphatic rings. The molecule has 5 fully saturated rings. The summed E-state index contributed by atoms with van der Waals surface area (Å²) in [6.45, 7) is 23.7. The second kappa shape index (κ2) is 57.7. The van der Waals surface area contributed by atoms with Gasteiger partial charge in [0.15, 0.2) is 37.2 Å². The van der Waals surface area contributed by atoms with Crippen molar-refractivity contribution in [1.82, 2.24) is 47.8 Å². The van der Waals surface area contributed by atoms with Crippen LogP contribution in [0.5, 0.6) is 17.5 Å². The fraction of sp³-hybridized carbons (Fsp3) is 0.559. The molecule has 6 aliphatic heterocycles. The third kappa shape index (κ3) is 30.9. The second-order valence-corrected chi connectivity index (χ2v) is 36.0. The Morgan fingerprint density at radius 2 is 0.755 bits per heavy atom. The van der Waals surface area contributed by atoms with Gasteiger partial charge in [-0.2, -0.15) is 9.97 Å². The number of ether oxygens (including phenoxy) is 17. The standard InChI is InChI=1S/C21H19ClO2.C21H27N3O6.2C15H24N2O6.C14H22N2O7.C11H14N2O4.C4H10O2.CH4.4H2/c1-23-19-12-8-17(9-13-19)21(22,16-6-4-3-5-7-16)18-10-14-20(24-2)15-11-18;1-4-15-17(25)18(29-12-13(2)28-3)20(30-15)24-11-10-16(23-21(24)27)22-19(26)14-8-6-5-7-9-14;2*1-5-10-11(18)12(22-7-9(3)21-4)14(23-10)17-6-8(2)13(19)16-15(17)20;1-7-4-16(14(20)15-12(7)19)13-11(22-6-8(2)21-3)10(18)9(5-17)23-13;1-3-6-7(14)8-10(16-6)13-4-5(2)9(15)12-11(13)17-8;1-4(3-5)6-2;;;;;/h3-15H,1-2H3;5-11,13,15,17-18,20,25H,4,12H2,1-3H3,(H,22,23,26,27);2*6,9-12,14,18H,5,7H2,1-4H3,(H,16,19,20);4,8-11,13,17-18H,5-6H2,1-3H3,(H,15,19,20);4,6-8,10,14H,3H2,1-2H3;4-5H,3H2,1-2H3;1H4;4*1H/t;13?,15-,17?,18+,20-;2*9?,10-,11?,12+,14-;8?,9-,10?,11+,13-;6-,7?,8-,10-;;;;;;/m.11111....../s1. The van der Waals surface area contributed by atoms with Crippen molar-refractivity contribution in [1.29, 1.82) is 0 Å². The number of aromatic nitrogens is 10. The summed E-state index contributed by atoms with van der Waals surface area (Å²) < 4.78 is 99.5. The highest BCUT2D eigenvalue weighted by Gasteiger charge is 2.53. The zero-order valence-electron chi connectivity index (χ0n) is 85.6. The molecule has 5 saturated heterocycles. The van der Waals surface area contributed by atoms with Gasteiger partial charge in [-0.25, -0.2) is 19.2 Å². The Bertz CT molecular complexity index is 5780.